The lowest BCUT2D eigenvalue weighted by atomic mass is 10.1. The van der Waals surface area contributed by atoms with Crippen molar-refractivity contribution in [2.45, 2.75) is 26.9 Å². The van der Waals surface area contributed by atoms with Gasteiger partial charge in [0.25, 0.3) is 5.91 Å². The van der Waals surface area contributed by atoms with E-state index < -0.39 is 18.0 Å². The number of aromatic nitrogens is 1. The number of rotatable bonds is 4. The second kappa shape index (κ2) is 7.24. The van der Waals surface area contributed by atoms with Gasteiger partial charge in [-0.25, -0.2) is 9.78 Å². The number of nitrogens with zero attached hydrogens (tertiary/aromatic N) is 1. The molecule has 0 bridgehead atoms. The lowest BCUT2D eigenvalue weighted by molar-refractivity contribution is -0.123. The first-order chi connectivity index (χ1) is 10.9. The molecule has 2 rings (SSSR count). The Morgan fingerprint density at radius 2 is 1.87 bits per heavy atom. The summed E-state index contributed by atoms with van der Waals surface area (Å²) in [5.74, 6) is -1.10. The maximum Gasteiger partial charge on any atom is 0.357 e. The molecule has 1 heterocycles. The van der Waals surface area contributed by atoms with Gasteiger partial charge >= 0.3 is 5.97 Å². The number of esters is 1. The van der Waals surface area contributed by atoms with Gasteiger partial charge in [0, 0.05) is 16.9 Å². The molecular formula is C17H17ClN2O3. The van der Waals surface area contributed by atoms with Crippen LogP contribution in [0.4, 0.5) is 5.69 Å². The van der Waals surface area contributed by atoms with Crippen LogP contribution < -0.4 is 5.32 Å². The highest BCUT2D eigenvalue weighted by molar-refractivity contribution is 6.30. The van der Waals surface area contributed by atoms with E-state index in [9.17, 15) is 9.59 Å². The lowest BCUT2D eigenvalue weighted by Gasteiger charge is -2.16. The molecule has 0 spiro atoms. The molecule has 0 radical (unpaired) electrons. The molecule has 5 nitrogen and oxygen atoms in total. The standard InChI is InChI=1S/C17H17ClN2O3/c1-10-5-4-6-11(2)15(10)20-16(21)12(3)23-17(22)14-9-13(18)7-8-19-14/h4-9,12H,1-3H3,(H,20,21)/t12-/m1/s1. The predicted octanol–water partition coefficient (Wildman–Crippen LogP) is 3.54. The van der Waals surface area contributed by atoms with Crippen molar-refractivity contribution in [1.82, 2.24) is 4.98 Å². The number of amides is 1. The average molecular weight is 333 g/mol. The largest absolute Gasteiger partial charge is 0.448 e. The molecule has 0 saturated heterocycles. The number of carbonyl (C=O) groups excluding carboxylic acids is 2. The van der Waals surface area contributed by atoms with E-state index in [0.29, 0.717) is 5.02 Å². The summed E-state index contributed by atoms with van der Waals surface area (Å²) >= 11 is 5.80. The summed E-state index contributed by atoms with van der Waals surface area (Å²) in [7, 11) is 0. The molecule has 120 valence electrons. The summed E-state index contributed by atoms with van der Waals surface area (Å²) in [6, 6.07) is 8.65. The second-order valence-electron chi connectivity index (χ2n) is 5.16. The predicted molar refractivity (Wildman–Crippen MR) is 88.7 cm³/mol. The molecule has 2 aromatic rings. The summed E-state index contributed by atoms with van der Waals surface area (Å²) in [6.45, 7) is 5.30. The van der Waals surface area contributed by atoms with E-state index in [1.165, 1.54) is 19.2 Å². The Kier molecular flexibility index (Phi) is 5.34. The van der Waals surface area contributed by atoms with Gasteiger partial charge in [-0.1, -0.05) is 29.8 Å². The molecule has 6 heteroatoms. The average Bonchev–Trinajstić information content (AvgIpc) is 2.50. The van der Waals surface area contributed by atoms with E-state index in [2.05, 4.69) is 10.3 Å². The Balaban J connectivity index is 2.04. The zero-order chi connectivity index (χ0) is 17.0. The van der Waals surface area contributed by atoms with Crippen LogP contribution in [0.3, 0.4) is 0 Å². The van der Waals surface area contributed by atoms with Crippen molar-refractivity contribution in [2.75, 3.05) is 5.32 Å². The highest BCUT2D eigenvalue weighted by Crippen LogP contribution is 2.20. The third-order valence-electron chi connectivity index (χ3n) is 3.31. The maximum absolute atomic E-state index is 12.2. The van der Waals surface area contributed by atoms with Gasteiger partial charge in [-0.15, -0.1) is 0 Å². The quantitative estimate of drug-likeness (QED) is 0.869. The summed E-state index contributed by atoms with van der Waals surface area (Å²) in [4.78, 5) is 28.1. The van der Waals surface area contributed by atoms with Gasteiger partial charge < -0.3 is 10.1 Å². The third-order valence-corrected chi connectivity index (χ3v) is 3.55. The topological polar surface area (TPSA) is 68.3 Å². The van der Waals surface area contributed by atoms with Crippen molar-refractivity contribution < 1.29 is 14.3 Å². The summed E-state index contributed by atoms with van der Waals surface area (Å²) in [5.41, 5.74) is 2.66. The van der Waals surface area contributed by atoms with Gasteiger partial charge in [0.05, 0.1) is 0 Å². The van der Waals surface area contributed by atoms with Crippen molar-refractivity contribution in [1.29, 1.82) is 0 Å². The van der Waals surface area contributed by atoms with Crippen LogP contribution in [0, 0.1) is 13.8 Å². The second-order valence-corrected chi connectivity index (χ2v) is 5.60. The molecule has 0 fully saturated rings. The highest BCUT2D eigenvalue weighted by atomic mass is 35.5. The SMILES string of the molecule is Cc1cccc(C)c1NC(=O)[C@@H](C)OC(=O)c1cc(Cl)ccn1. The fourth-order valence-corrected chi connectivity index (χ4v) is 2.19. The molecule has 1 aromatic heterocycles. The number of ether oxygens (including phenoxy) is 1. The van der Waals surface area contributed by atoms with Crippen molar-refractivity contribution in [3.8, 4) is 0 Å². The van der Waals surface area contributed by atoms with Gasteiger partial charge in [0.15, 0.2) is 6.10 Å². The molecule has 0 unspecified atom stereocenters. The summed E-state index contributed by atoms with van der Waals surface area (Å²) < 4.78 is 5.13. The number of benzene rings is 1. The smallest absolute Gasteiger partial charge is 0.357 e. The molecule has 23 heavy (non-hydrogen) atoms. The number of pyridine rings is 1. The Bertz CT molecular complexity index is 726. The minimum absolute atomic E-state index is 0.0595. The first-order valence-corrected chi connectivity index (χ1v) is 7.46. The van der Waals surface area contributed by atoms with E-state index >= 15 is 0 Å². The van der Waals surface area contributed by atoms with Crippen molar-refractivity contribution in [3.05, 3.63) is 58.4 Å². The molecule has 0 saturated carbocycles. The minimum Gasteiger partial charge on any atom is -0.448 e. The third kappa shape index (κ3) is 4.29. The number of halogens is 1. The van der Waals surface area contributed by atoms with Crippen LogP contribution >= 0.6 is 11.6 Å². The van der Waals surface area contributed by atoms with Gasteiger partial charge in [0.1, 0.15) is 5.69 Å². The van der Waals surface area contributed by atoms with Crippen LogP contribution in [-0.2, 0) is 9.53 Å². The van der Waals surface area contributed by atoms with E-state index in [1.807, 2.05) is 32.0 Å². The first kappa shape index (κ1) is 17.0. The van der Waals surface area contributed by atoms with Crippen molar-refractivity contribution in [3.63, 3.8) is 0 Å². The van der Waals surface area contributed by atoms with Gasteiger partial charge in [-0.3, -0.25) is 4.79 Å². The number of hydrogen-bond acceptors (Lipinski definition) is 4. The number of aryl methyl sites for hydroxylation is 2. The Hall–Kier alpha value is -2.40. The number of hydrogen-bond donors (Lipinski definition) is 1. The first-order valence-electron chi connectivity index (χ1n) is 7.08. The Morgan fingerprint density at radius 1 is 1.22 bits per heavy atom. The van der Waals surface area contributed by atoms with Crippen LogP contribution in [-0.4, -0.2) is 23.0 Å². The molecular weight excluding hydrogens is 316 g/mol. The van der Waals surface area contributed by atoms with E-state index in [-0.39, 0.29) is 5.69 Å². The van der Waals surface area contributed by atoms with Crippen molar-refractivity contribution >= 4 is 29.2 Å². The molecule has 0 aliphatic heterocycles. The van der Waals surface area contributed by atoms with E-state index in [0.717, 1.165) is 16.8 Å². The molecule has 1 amide bonds. The molecule has 1 aromatic carbocycles. The van der Waals surface area contributed by atoms with Gasteiger partial charge in [-0.05, 0) is 44.0 Å². The zero-order valence-corrected chi connectivity index (χ0v) is 13.8. The maximum atomic E-state index is 12.2. The molecule has 1 N–H and O–H groups in total. The zero-order valence-electron chi connectivity index (χ0n) is 13.1. The number of nitrogens with one attached hydrogen (secondary N) is 1. The lowest BCUT2D eigenvalue weighted by Crippen LogP contribution is -2.30. The van der Waals surface area contributed by atoms with Crippen LogP contribution in [0.25, 0.3) is 0 Å². The monoisotopic (exact) mass is 332 g/mol. The summed E-state index contributed by atoms with van der Waals surface area (Å²) in [6.07, 6.45) is 0.447. The van der Waals surface area contributed by atoms with Gasteiger partial charge in [0.2, 0.25) is 0 Å². The highest BCUT2D eigenvalue weighted by Gasteiger charge is 2.21. The fraction of sp³-hybridized carbons (Fsp3) is 0.235. The van der Waals surface area contributed by atoms with E-state index in [1.54, 1.807) is 6.07 Å². The number of para-hydroxylation sites is 1. The van der Waals surface area contributed by atoms with Crippen LogP contribution in [0.1, 0.15) is 28.5 Å². The molecule has 1 atom stereocenters. The van der Waals surface area contributed by atoms with Crippen molar-refractivity contribution in [2.24, 2.45) is 0 Å². The fourth-order valence-electron chi connectivity index (χ4n) is 2.03. The number of carbonyl (C=O) groups is 2. The Morgan fingerprint density at radius 3 is 2.48 bits per heavy atom. The molecule has 0 aliphatic rings. The molecule has 0 aliphatic carbocycles. The van der Waals surface area contributed by atoms with Crippen LogP contribution in [0.15, 0.2) is 36.5 Å². The summed E-state index contributed by atoms with van der Waals surface area (Å²) in [5, 5.41) is 3.16. The van der Waals surface area contributed by atoms with Gasteiger partial charge in [-0.2, -0.15) is 0 Å². The minimum atomic E-state index is -0.956. The van der Waals surface area contributed by atoms with Crippen LogP contribution in [0.5, 0.6) is 0 Å². The Labute approximate surface area is 139 Å². The normalized spacial score (nSPS) is 11.7. The number of anilines is 1. The van der Waals surface area contributed by atoms with E-state index in [4.69, 9.17) is 16.3 Å². The van der Waals surface area contributed by atoms with Crippen LogP contribution in [0.2, 0.25) is 5.02 Å².